The van der Waals surface area contributed by atoms with Crippen LogP contribution in [-0.4, -0.2) is 37.4 Å². The van der Waals surface area contributed by atoms with Gasteiger partial charge in [-0.2, -0.15) is 0 Å². The van der Waals surface area contributed by atoms with Crippen molar-refractivity contribution < 1.29 is 23.4 Å². The Morgan fingerprint density at radius 1 is 1.16 bits per heavy atom. The van der Waals surface area contributed by atoms with Crippen molar-refractivity contribution >= 4 is 22.6 Å². The molecule has 0 bridgehead atoms. The molecular formula is C23H24FN3O4. The lowest BCUT2D eigenvalue weighted by atomic mass is 10.1. The minimum absolute atomic E-state index is 0.0961. The minimum atomic E-state index is -0.577. The third-order valence-corrected chi connectivity index (χ3v) is 4.87. The van der Waals surface area contributed by atoms with Crippen LogP contribution in [0.3, 0.4) is 0 Å². The predicted molar refractivity (Wildman–Crippen MR) is 116 cm³/mol. The Morgan fingerprint density at radius 2 is 2.00 bits per heavy atom. The lowest BCUT2D eigenvalue weighted by molar-refractivity contribution is 0.146. The topological polar surface area (TPSA) is 81.7 Å². The molecule has 0 radical (unpaired) electrons. The zero-order valence-electron chi connectivity index (χ0n) is 17.4. The highest BCUT2D eigenvalue weighted by Gasteiger charge is 2.23. The molecule has 1 aliphatic carbocycles. The highest BCUT2D eigenvalue weighted by atomic mass is 19.1. The second kappa shape index (κ2) is 9.18. The number of carbonyl (C=O) groups excluding carboxylic acids is 1. The van der Waals surface area contributed by atoms with Gasteiger partial charge < -0.3 is 24.8 Å². The molecule has 4 rings (SSSR count). The fourth-order valence-corrected chi connectivity index (χ4v) is 3.10. The van der Waals surface area contributed by atoms with Crippen LogP contribution in [0.2, 0.25) is 0 Å². The van der Waals surface area contributed by atoms with Crippen LogP contribution in [0.25, 0.3) is 10.9 Å². The van der Waals surface area contributed by atoms with Gasteiger partial charge in [0.05, 0.1) is 17.8 Å². The number of nitrogens with one attached hydrogen (secondary N) is 2. The van der Waals surface area contributed by atoms with E-state index in [-0.39, 0.29) is 11.7 Å². The van der Waals surface area contributed by atoms with Gasteiger partial charge in [0.15, 0.2) is 0 Å². The summed E-state index contributed by atoms with van der Waals surface area (Å²) in [5, 5.41) is 6.06. The molecule has 162 valence electrons. The molecule has 1 saturated carbocycles. The van der Waals surface area contributed by atoms with Crippen molar-refractivity contribution in [3.63, 3.8) is 0 Å². The fourth-order valence-electron chi connectivity index (χ4n) is 3.10. The van der Waals surface area contributed by atoms with E-state index in [4.69, 9.17) is 14.2 Å². The van der Waals surface area contributed by atoms with E-state index in [2.05, 4.69) is 15.6 Å². The van der Waals surface area contributed by atoms with E-state index < -0.39 is 11.8 Å². The summed E-state index contributed by atoms with van der Waals surface area (Å²) in [6, 6.07) is 9.61. The number of hydrogen-bond donors (Lipinski definition) is 2. The van der Waals surface area contributed by atoms with Crippen LogP contribution >= 0.6 is 0 Å². The van der Waals surface area contributed by atoms with Gasteiger partial charge >= 0.3 is 6.03 Å². The molecule has 1 aliphatic rings. The number of fused-ring (bicyclic) bond motifs is 1. The molecule has 2 N–H and O–H groups in total. The van der Waals surface area contributed by atoms with E-state index in [1.807, 2.05) is 19.1 Å². The summed E-state index contributed by atoms with van der Waals surface area (Å²) in [5.41, 5.74) is 1.72. The molecule has 0 aliphatic heterocycles. The first-order valence-corrected chi connectivity index (χ1v) is 10.1. The maximum Gasteiger partial charge on any atom is 0.319 e. The summed E-state index contributed by atoms with van der Waals surface area (Å²) in [6.45, 7) is 2.87. The van der Waals surface area contributed by atoms with Crippen LogP contribution in [0.15, 0.2) is 42.6 Å². The van der Waals surface area contributed by atoms with Gasteiger partial charge in [-0.25, -0.2) is 9.18 Å². The molecule has 31 heavy (non-hydrogen) atoms. The molecule has 7 nitrogen and oxygen atoms in total. The maximum atomic E-state index is 14.5. The van der Waals surface area contributed by atoms with E-state index in [1.165, 1.54) is 12.1 Å². The van der Waals surface area contributed by atoms with E-state index in [0.717, 1.165) is 29.5 Å². The van der Waals surface area contributed by atoms with Crippen molar-refractivity contribution in [1.82, 2.24) is 10.3 Å². The average molecular weight is 425 g/mol. The number of carbonyl (C=O) groups is 1. The number of urea groups is 1. The predicted octanol–water partition coefficient (Wildman–Crippen LogP) is 4.78. The van der Waals surface area contributed by atoms with Gasteiger partial charge in [0.25, 0.3) is 0 Å². The van der Waals surface area contributed by atoms with Crippen LogP contribution < -0.4 is 20.1 Å². The van der Waals surface area contributed by atoms with Gasteiger partial charge in [-0.15, -0.1) is 0 Å². The Bertz CT molecular complexity index is 1100. The molecule has 2 aromatic carbocycles. The molecule has 8 heteroatoms. The van der Waals surface area contributed by atoms with Crippen molar-refractivity contribution in [3.05, 3.63) is 54.0 Å². The molecule has 1 heterocycles. The number of aromatic nitrogens is 1. The molecular weight excluding hydrogens is 401 g/mol. The third kappa shape index (κ3) is 5.21. The van der Waals surface area contributed by atoms with Crippen molar-refractivity contribution in [3.8, 4) is 17.2 Å². The van der Waals surface area contributed by atoms with Gasteiger partial charge in [-0.05, 0) is 49.6 Å². The van der Waals surface area contributed by atoms with Crippen LogP contribution in [0.1, 0.15) is 18.4 Å². The van der Waals surface area contributed by atoms with Crippen LogP contribution in [0.4, 0.5) is 14.9 Å². The second-order valence-corrected chi connectivity index (χ2v) is 7.40. The van der Waals surface area contributed by atoms with Crippen molar-refractivity contribution in [2.24, 2.45) is 0 Å². The van der Waals surface area contributed by atoms with Crippen molar-refractivity contribution in [2.75, 3.05) is 25.6 Å². The van der Waals surface area contributed by atoms with E-state index in [1.54, 1.807) is 25.4 Å². The zero-order chi connectivity index (χ0) is 21.8. The number of benzene rings is 2. The normalized spacial score (nSPS) is 13.1. The van der Waals surface area contributed by atoms with Gasteiger partial charge in [0.2, 0.25) is 0 Å². The maximum absolute atomic E-state index is 14.5. The lowest BCUT2D eigenvalue weighted by Crippen LogP contribution is -2.30. The molecule has 3 aromatic rings. The number of amides is 2. The number of aryl methyl sites for hydroxylation is 1. The number of halogens is 1. The van der Waals surface area contributed by atoms with E-state index in [9.17, 15) is 9.18 Å². The summed E-state index contributed by atoms with van der Waals surface area (Å²) >= 11 is 0. The molecule has 2 amide bonds. The number of rotatable bonds is 8. The molecule has 0 atom stereocenters. The molecule has 1 aromatic heterocycles. The number of ether oxygens (including phenoxy) is 3. The van der Waals surface area contributed by atoms with Crippen molar-refractivity contribution in [2.45, 2.75) is 25.8 Å². The summed E-state index contributed by atoms with van der Waals surface area (Å²) in [4.78, 5) is 16.2. The third-order valence-electron chi connectivity index (χ3n) is 4.87. The smallest absolute Gasteiger partial charge is 0.319 e. The number of nitrogens with zero attached hydrogens (tertiary/aromatic N) is 1. The van der Waals surface area contributed by atoms with Crippen LogP contribution in [0, 0.1) is 12.7 Å². The first-order chi connectivity index (χ1) is 15.0. The van der Waals surface area contributed by atoms with Crippen LogP contribution in [-0.2, 0) is 4.74 Å². The summed E-state index contributed by atoms with van der Waals surface area (Å²) in [7, 11) is 1.62. The van der Waals surface area contributed by atoms with Crippen LogP contribution in [0.5, 0.6) is 17.2 Å². The first-order valence-electron chi connectivity index (χ1n) is 10.1. The van der Waals surface area contributed by atoms with E-state index in [0.29, 0.717) is 30.2 Å². The molecule has 0 unspecified atom stereocenters. The second-order valence-electron chi connectivity index (χ2n) is 7.40. The number of pyridine rings is 1. The summed E-state index contributed by atoms with van der Waals surface area (Å²) < 4.78 is 31.2. The Balaban J connectivity index is 1.51. The van der Waals surface area contributed by atoms with Gasteiger partial charge in [0, 0.05) is 36.9 Å². The molecule has 1 fully saturated rings. The number of methoxy groups -OCH3 is 1. The Labute approximate surface area is 179 Å². The number of anilines is 1. The van der Waals surface area contributed by atoms with Gasteiger partial charge in [0.1, 0.15) is 29.7 Å². The SMILES string of the molecule is COCCOc1cc2nccc(Oc3ccc(NC(=O)NC4CC4)c(F)c3)c2cc1C. The van der Waals surface area contributed by atoms with Crippen molar-refractivity contribution in [1.29, 1.82) is 0 Å². The number of hydrogen-bond acceptors (Lipinski definition) is 5. The lowest BCUT2D eigenvalue weighted by Gasteiger charge is -2.13. The quantitative estimate of drug-likeness (QED) is 0.508. The van der Waals surface area contributed by atoms with Gasteiger partial charge in [-0.1, -0.05) is 0 Å². The summed E-state index contributed by atoms with van der Waals surface area (Å²) in [6.07, 6.45) is 3.55. The largest absolute Gasteiger partial charge is 0.491 e. The Kier molecular flexibility index (Phi) is 6.18. The standard InChI is InChI=1S/C23H24FN3O4/c1-14-11-17-20(13-22(14)30-10-9-29-2)25-8-7-21(17)31-16-5-6-19(18(24)12-16)27-23(28)26-15-3-4-15/h5-8,11-13,15H,3-4,9-10H2,1-2H3,(H2,26,27,28). The minimum Gasteiger partial charge on any atom is -0.491 e. The van der Waals surface area contributed by atoms with Gasteiger partial charge in [-0.3, -0.25) is 4.98 Å². The Morgan fingerprint density at radius 3 is 2.74 bits per heavy atom. The Hall–Kier alpha value is -3.39. The zero-order valence-corrected chi connectivity index (χ0v) is 17.4. The fraction of sp³-hybridized carbons (Fsp3) is 0.304. The molecule has 0 spiro atoms. The van der Waals surface area contributed by atoms with E-state index >= 15 is 0 Å². The monoisotopic (exact) mass is 425 g/mol. The highest BCUT2D eigenvalue weighted by molar-refractivity contribution is 5.90. The molecule has 0 saturated heterocycles. The highest BCUT2D eigenvalue weighted by Crippen LogP contribution is 2.34. The first kappa shape index (κ1) is 20.9. The summed E-state index contributed by atoms with van der Waals surface area (Å²) in [5.74, 6) is 1.01. The average Bonchev–Trinajstić information content (AvgIpc) is 3.55.